The third-order valence-corrected chi connectivity index (χ3v) is 2.31. The average molecular weight is 208 g/mol. The summed E-state index contributed by atoms with van der Waals surface area (Å²) in [4.78, 5) is 4.24. The van der Waals surface area contributed by atoms with Gasteiger partial charge in [-0.05, 0) is 32.4 Å². The first-order valence-corrected chi connectivity index (χ1v) is 5.46. The highest BCUT2D eigenvalue weighted by Gasteiger charge is 2.01. The van der Waals surface area contributed by atoms with Crippen LogP contribution < -0.4 is 5.32 Å². The van der Waals surface area contributed by atoms with E-state index in [0.29, 0.717) is 0 Å². The van der Waals surface area contributed by atoms with Crippen molar-refractivity contribution in [3.63, 3.8) is 0 Å². The first-order chi connectivity index (χ1) is 7.24. The van der Waals surface area contributed by atoms with E-state index in [-0.39, 0.29) is 6.10 Å². The molecule has 0 aliphatic rings. The lowest BCUT2D eigenvalue weighted by atomic mass is 10.2. The van der Waals surface area contributed by atoms with Crippen molar-refractivity contribution in [1.29, 1.82) is 0 Å². The largest absolute Gasteiger partial charge is 0.377 e. The smallest absolute Gasteiger partial charge is 0.0671 e. The van der Waals surface area contributed by atoms with Crippen LogP contribution in [-0.2, 0) is 11.3 Å². The summed E-state index contributed by atoms with van der Waals surface area (Å²) in [5.41, 5.74) is 2.34. The Labute approximate surface area is 91.9 Å². The molecule has 0 spiro atoms. The summed E-state index contributed by atoms with van der Waals surface area (Å²) in [5.74, 6) is 0. The highest BCUT2D eigenvalue weighted by Crippen LogP contribution is 2.02. The molecule has 3 heteroatoms. The minimum Gasteiger partial charge on any atom is -0.377 e. The fourth-order valence-electron chi connectivity index (χ4n) is 1.46. The van der Waals surface area contributed by atoms with Gasteiger partial charge in [-0.25, -0.2) is 0 Å². The van der Waals surface area contributed by atoms with Gasteiger partial charge in [0.25, 0.3) is 0 Å². The Kier molecular flexibility index (Phi) is 5.29. The van der Waals surface area contributed by atoms with Gasteiger partial charge in [0, 0.05) is 31.6 Å². The van der Waals surface area contributed by atoms with Crippen LogP contribution in [0.15, 0.2) is 18.3 Å². The zero-order chi connectivity index (χ0) is 11.1. The number of rotatable bonds is 6. The van der Waals surface area contributed by atoms with E-state index in [1.807, 2.05) is 26.1 Å². The number of aromatic nitrogens is 1. The number of hydrogen-bond donors (Lipinski definition) is 1. The fraction of sp³-hybridized carbons (Fsp3) is 0.583. The third-order valence-electron chi connectivity index (χ3n) is 2.31. The van der Waals surface area contributed by atoms with E-state index in [0.717, 1.165) is 25.4 Å². The van der Waals surface area contributed by atoms with Crippen molar-refractivity contribution in [2.45, 2.75) is 33.4 Å². The normalized spacial score (nSPS) is 12.7. The first kappa shape index (κ1) is 12.1. The van der Waals surface area contributed by atoms with Crippen molar-refractivity contribution in [2.24, 2.45) is 0 Å². The summed E-state index contributed by atoms with van der Waals surface area (Å²) in [6.45, 7) is 8.63. The number of aryl methyl sites for hydroxylation is 1. The first-order valence-electron chi connectivity index (χ1n) is 5.46. The van der Waals surface area contributed by atoms with E-state index in [4.69, 9.17) is 4.74 Å². The predicted molar refractivity (Wildman–Crippen MR) is 61.8 cm³/mol. The lowest BCUT2D eigenvalue weighted by molar-refractivity contribution is 0.0759. The van der Waals surface area contributed by atoms with Crippen LogP contribution in [0.2, 0.25) is 0 Å². The van der Waals surface area contributed by atoms with E-state index < -0.39 is 0 Å². The Morgan fingerprint density at radius 3 is 3.00 bits per heavy atom. The van der Waals surface area contributed by atoms with Gasteiger partial charge in [0.15, 0.2) is 0 Å². The standard InChI is InChI=1S/C12H20N2O/c1-4-15-10(2)8-13-9-12-6-5-7-14-11(12)3/h5-7,10,13H,4,8-9H2,1-3H3. The van der Waals surface area contributed by atoms with Gasteiger partial charge in [0.1, 0.15) is 0 Å². The van der Waals surface area contributed by atoms with Crippen molar-refractivity contribution in [2.75, 3.05) is 13.2 Å². The Morgan fingerprint density at radius 1 is 1.53 bits per heavy atom. The number of nitrogens with one attached hydrogen (secondary N) is 1. The van der Waals surface area contributed by atoms with Crippen LogP contribution >= 0.6 is 0 Å². The molecule has 0 amide bonds. The van der Waals surface area contributed by atoms with Crippen molar-refractivity contribution in [1.82, 2.24) is 10.3 Å². The molecule has 1 rings (SSSR count). The van der Waals surface area contributed by atoms with Crippen LogP contribution in [0.25, 0.3) is 0 Å². The molecule has 84 valence electrons. The summed E-state index contributed by atoms with van der Waals surface area (Å²) in [7, 11) is 0. The fourth-order valence-corrected chi connectivity index (χ4v) is 1.46. The molecule has 0 aliphatic carbocycles. The van der Waals surface area contributed by atoms with Crippen molar-refractivity contribution < 1.29 is 4.74 Å². The van der Waals surface area contributed by atoms with Gasteiger partial charge in [-0.15, -0.1) is 0 Å². The van der Waals surface area contributed by atoms with Crippen molar-refractivity contribution in [3.8, 4) is 0 Å². The van der Waals surface area contributed by atoms with Crippen LogP contribution in [0.1, 0.15) is 25.1 Å². The molecule has 0 radical (unpaired) electrons. The quantitative estimate of drug-likeness (QED) is 0.775. The second-order valence-electron chi connectivity index (χ2n) is 3.64. The molecule has 1 unspecified atom stereocenters. The molecular weight excluding hydrogens is 188 g/mol. The highest BCUT2D eigenvalue weighted by molar-refractivity contribution is 5.17. The summed E-state index contributed by atoms with van der Waals surface area (Å²) in [5, 5.41) is 3.36. The van der Waals surface area contributed by atoms with Gasteiger partial charge in [-0.2, -0.15) is 0 Å². The molecule has 0 bridgehead atoms. The minimum absolute atomic E-state index is 0.270. The van der Waals surface area contributed by atoms with Crippen LogP contribution in [-0.4, -0.2) is 24.2 Å². The molecule has 1 aromatic heterocycles. The van der Waals surface area contributed by atoms with E-state index in [1.165, 1.54) is 5.56 Å². The van der Waals surface area contributed by atoms with E-state index >= 15 is 0 Å². The molecule has 0 saturated heterocycles. The average Bonchev–Trinajstić information content (AvgIpc) is 2.21. The predicted octanol–water partition coefficient (Wildman–Crippen LogP) is 1.90. The SMILES string of the molecule is CCOC(C)CNCc1cccnc1C. The molecule has 3 nitrogen and oxygen atoms in total. The summed E-state index contributed by atoms with van der Waals surface area (Å²) < 4.78 is 5.43. The molecule has 0 saturated carbocycles. The van der Waals surface area contributed by atoms with E-state index in [2.05, 4.69) is 23.3 Å². The monoisotopic (exact) mass is 208 g/mol. The van der Waals surface area contributed by atoms with Gasteiger partial charge < -0.3 is 10.1 Å². The summed E-state index contributed by atoms with van der Waals surface area (Å²) in [6, 6.07) is 4.07. The highest BCUT2D eigenvalue weighted by atomic mass is 16.5. The Balaban J connectivity index is 2.29. The van der Waals surface area contributed by atoms with Gasteiger partial charge in [0.05, 0.1) is 6.10 Å². The van der Waals surface area contributed by atoms with Gasteiger partial charge in [-0.3, -0.25) is 4.98 Å². The van der Waals surface area contributed by atoms with Crippen LogP contribution in [0.4, 0.5) is 0 Å². The van der Waals surface area contributed by atoms with Crippen LogP contribution in [0.3, 0.4) is 0 Å². The van der Waals surface area contributed by atoms with E-state index in [1.54, 1.807) is 0 Å². The maximum absolute atomic E-state index is 5.43. The molecule has 0 aliphatic heterocycles. The van der Waals surface area contributed by atoms with Gasteiger partial charge in [0.2, 0.25) is 0 Å². The second kappa shape index (κ2) is 6.53. The molecule has 1 atom stereocenters. The summed E-state index contributed by atoms with van der Waals surface area (Å²) >= 11 is 0. The van der Waals surface area contributed by atoms with Gasteiger partial charge in [-0.1, -0.05) is 6.07 Å². The molecule has 15 heavy (non-hydrogen) atoms. The van der Waals surface area contributed by atoms with E-state index in [9.17, 15) is 0 Å². The maximum Gasteiger partial charge on any atom is 0.0671 e. The van der Waals surface area contributed by atoms with Crippen LogP contribution in [0, 0.1) is 6.92 Å². The molecule has 1 heterocycles. The molecular formula is C12H20N2O. The Bertz CT molecular complexity index is 289. The zero-order valence-corrected chi connectivity index (χ0v) is 9.79. The lowest BCUT2D eigenvalue weighted by Gasteiger charge is -2.13. The minimum atomic E-state index is 0.270. The number of hydrogen-bond acceptors (Lipinski definition) is 3. The second-order valence-corrected chi connectivity index (χ2v) is 3.64. The Morgan fingerprint density at radius 2 is 2.33 bits per heavy atom. The number of nitrogens with zero attached hydrogens (tertiary/aromatic N) is 1. The Hall–Kier alpha value is -0.930. The number of ether oxygens (including phenoxy) is 1. The topological polar surface area (TPSA) is 34.1 Å². The zero-order valence-electron chi connectivity index (χ0n) is 9.79. The lowest BCUT2D eigenvalue weighted by Crippen LogP contribution is -2.26. The van der Waals surface area contributed by atoms with Gasteiger partial charge >= 0.3 is 0 Å². The molecule has 1 N–H and O–H groups in total. The summed E-state index contributed by atoms with van der Waals surface area (Å²) in [6.07, 6.45) is 2.09. The molecule has 1 aromatic rings. The van der Waals surface area contributed by atoms with Crippen molar-refractivity contribution in [3.05, 3.63) is 29.6 Å². The number of pyridine rings is 1. The third kappa shape index (κ3) is 4.40. The van der Waals surface area contributed by atoms with Crippen LogP contribution in [0.5, 0.6) is 0 Å². The molecule has 0 fully saturated rings. The maximum atomic E-state index is 5.43. The van der Waals surface area contributed by atoms with Crippen molar-refractivity contribution >= 4 is 0 Å². The molecule has 0 aromatic carbocycles.